The van der Waals surface area contributed by atoms with Gasteiger partial charge in [0.05, 0.1) is 4.47 Å². The molecule has 90 valence electrons. The van der Waals surface area contributed by atoms with E-state index in [4.69, 9.17) is 10.5 Å². The highest BCUT2D eigenvalue weighted by atomic mass is 79.9. The summed E-state index contributed by atoms with van der Waals surface area (Å²) in [6.45, 7) is 1.50. The standard InChI is InChI=1S/C11H16BrFN2O/c1-15(2)5-6-16-9-4-3-8(7-14)10(12)11(9)13/h3-4H,5-7,14H2,1-2H3. The summed E-state index contributed by atoms with van der Waals surface area (Å²) in [5.41, 5.74) is 6.20. The molecule has 0 aliphatic carbocycles. The van der Waals surface area contributed by atoms with Gasteiger partial charge >= 0.3 is 0 Å². The molecule has 1 aromatic rings. The quantitative estimate of drug-likeness (QED) is 0.901. The van der Waals surface area contributed by atoms with Gasteiger partial charge in [-0.3, -0.25) is 0 Å². The van der Waals surface area contributed by atoms with Crippen molar-refractivity contribution in [3.8, 4) is 5.75 Å². The fraction of sp³-hybridized carbons (Fsp3) is 0.455. The summed E-state index contributed by atoms with van der Waals surface area (Å²) in [6.07, 6.45) is 0. The number of halogens is 2. The van der Waals surface area contributed by atoms with Crippen LogP contribution in [-0.4, -0.2) is 32.1 Å². The van der Waals surface area contributed by atoms with E-state index in [9.17, 15) is 4.39 Å². The van der Waals surface area contributed by atoms with Crippen molar-refractivity contribution in [2.75, 3.05) is 27.2 Å². The highest BCUT2D eigenvalue weighted by molar-refractivity contribution is 9.10. The molecule has 0 aromatic heterocycles. The zero-order valence-electron chi connectivity index (χ0n) is 9.46. The van der Waals surface area contributed by atoms with Crippen molar-refractivity contribution in [2.45, 2.75) is 6.54 Å². The van der Waals surface area contributed by atoms with E-state index in [2.05, 4.69) is 15.9 Å². The van der Waals surface area contributed by atoms with Gasteiger partial charge in [-0.25, -0.2) is 4.39 Å². The topological polar surface area (TPSA) is 38.5 Å². The van der Waals surface area contributed by atoms with Crippen LogP contribution in [0.5, 0.6) is 5.75 Å². The van der Waals surface area contributed by atoms with Crippen molar-refractivity contribution in [1.82, 2.24) is 4.90 Å². The van der Waals surface area contributed by atoms with Gasteiger partial charge in [-0.1, -0.05) is 6.07 Å². The van der Waals surface area contributed by atoms with Gasteiger partial charge in [0, 0.05) is 13.1 Å². The summed E-state index contributed by atoms with van der Waals surface area (Å²) in [6, 6.07) is 3.37. The molecule has 0 atom stereocenters. The minimum atomic E-state index is -0.387. The number of hydrogen-bond acceptors (Lipinski definition) is 3. The smallest absolute Gasteiger partial charge is 0.179 e. The Balaban J connectivity index is 2.71. The van der Waals surface area contributed by atoms with Crippen molar-refractivity contribution in [2.24, 2.45) is 5.73 Å². The molecule has 0 heterocycles. The number of nitrogens with zero attached hydrogens (tertiary/aromatic N) is 1. The molecular formula is C11H16BrFN2O. The van der Waals surface area contributed by atoms with Gasteiger partial charge in [0.1, 0.15) is 6.61 Å². The highest BCUT2D eigenvalue weighted by Crippen LogP contribution is 2.28. The first-order valence-corrected chi connectivity index (χ1v) is 5.80. The Morgan fingerprint density at radius 1 is 1.44 bits per heavy atom. The normalized spacial score (nSPS) is 10.9. The van der Waals surface area contributed by atoms with Crippen LogP contribution in [0.25, 0.3) is 0 Å². The molecule has 1 aromatic carbocycles. The van der Waals surface area contributed by atoms with Crippen LogP contribution >= 0.6 is 15.9 Å². The molecule has 0 fully saturated rings. The summed E-state index contributed by atoms with van der Waals surface area (Å²) >= 11 is 3.17. The van der Waals surface area contributed by atoms with E-state index in [-0.39, 0.29) is 11.6 Å². The van der Waals surface area contributed by atoms with Gasteiger partial charge in [-0.15, -0.1) is 0 Å². The van der Waals surface area contributed by atoms with Crippen LogP contribution in [0, 0.1) is 5.82 Å². The van der Waals surface area contributed by atoms with E-state index >= 15 is 0 Å². The predicted octanol–water partition coefficient (Wildman–Crippen LogP) is 1.99. The van der Waals surface area contributed by atoms with E-state index in [0.717, 1.165) is 12.1 Å². The maximum Gasteiger partial charge on any atom is 0.179 e. The maximum atomic E-state index is 13.7. The molecule has 5 heteroatoms. The average molecular weight is 291 g/mol. The molecular weight excluding hydrogens is 275 g/mol. The van der Waals surface area contributed by atoms with Gasteiger partial charge in [-0.2, -0.15) is 0 Å². The van der Waals surface area contributed by atoms with Crippen LogP contribution in [0.2, 0.25) is 0 Å². The Morgan fingerprint density at radius 2 is 2.12 bits per heavy atom. The number of rotatable bonds is 5. The molecule has 0 spiro atoms. The molecule has 0 radical (unpaired) electrons. The number of nitrogens with two attached hydrogens (primary N) is 1. The number of ether oxygens (including phenoxy) is 1. The maximum absolute atomic E-state index is 13.7. The van der Waals surface area contributed by atoms with Crippen molar-refractivity contribution >= 4 is 15.9 Å². The Kier molecular flexibility index (Phi) is 5.18. The molecule has 0 saturated carbocycles. The SMILES string of the molecule is CN(C)CCOc1ccc(CN)c(Br)c1F. The first-order valence-electron chi connectivity index (χ1n) is 5.00. The zero-order valence-corrected chi connectivity index (χ0v) is 11.1. The van der Waals surface area contributed by atoms with Gasteiger partial charge in [0.25, 0.3) is 0 Å². The van der Waals surface area contributed by atoms with Crippen molar-refractivity contribution in [1.29, 1.82) is 0 Å². The van der Waals surface area contributed by atoms with Gasteiger partial charge in [0.2, 0.25) is 0 Å². The molecule has 16 heavy (non-hydrogen) atoms. The Bertz CT molecular complexity index is 358. The molecule has 0 saturated heterocycles. The Labute approximate surface area is 104 Å². The van der Waals surface area contributed by atoms with Crippen molar-refractivity contribution in [3.05, 3.63) is 28.0 Å². The molecule has 1 rings (SSSR count). The Hall–Kier alpha value is -0.650. The average Bonchev–Trinajstić information content (AvgIpc) is 2.24. The lowest BCUT2D eigenvalue weighted by Crippen LogP contribution is -2.19. The van der Waals surface area contributed by atoms with E-state index in [0.29, 0.717) is 17.6 Å². The van der Waals surface area contributed by atoms with Gasteiger partial charge < -0.3 is 15.4 Å². The molecule has 0 aliphatic heterocycles. The van der Waals surface area contributed by atoms with Crippen LogP contribution in [0.15, 0.2) is 16.6 Å². The third-order valence-corrected chi connectivity index (χ3v) is 3.00. The van der Waals surface area contributed by atoms with Crippen LogP contribution in [0.4, 0.5) is 4.39 Å². The Morgan fingerprint density at radius 3 is 2.69 bits per heavy atom. The monoisotopic (exact) mass is 290 g/mol. The van der Waals surface area contributed by atoms with Crippen LogP contribution in [0.1, 0.15) is 5.56 Å². The van der Waals surface area contributed by atoms with Crippen molar-refractivity contribution < 1.29 is 9.13 Å². The first-order chi connectivity index (χ1) is 7.56. The number of benzene rings is 1. The lowest BCUT2D eigenvalue weighted by atomic mass is 10.2. The van der Waals surface area contributed by atoms with E-state index in [1.54, 1.807) is 12.1 Å². The lowest BCUT2D eigenvalue weighted by molar-refractivity contribution is 0.252. The van der Waals surface area contributed by atoms with Gasteiger partial charge in [-0.05, 0) is 41.7 Å². The summed E-state index contributed by atoms with van der Waals surface area (Å²) < 4.78 is 19.5. The fourth-order valence-corrected chi connectivity index (χ4v) is 1.67. The van der Waals surface area contributed by atoms with Crippen LogP contribution in [-0.2, 0) is 6.54 Å². The third kappa shape index (κ3) is 3.43. The first kappa shape index (κ1) is 13.4. The second-order valence-electron chi connectivity index (χ2n) is 3.71. The number of hydrogen-bond donors (Lipinski definition) is 1. The molecule has 0 aliphatic rings. The van der Waals surface area contributed by atoms with E-state index in [1.807, 2.05) is 19.0 Å². The predicted molar refractivity (Wildman–Crippen MR) is 66.0 cm³/mol. The van der Waals surface area contributed by atoms with Crippen LogP contribution in [0.3, 0.4) is 0 Å². The highest BCUT2D eigenvalue weighted by Gasteiger charge is 2.11. The lowest BCUT2D eigenvalue weighted by Gasteiger charge is -2.13. The van der Waals surface area contributed by atoms with Crippen molar-refractivity contribution in [3.63, 3.8) is 0 Å². The van der Waals surface area contributed by atoms with E-state index in [1.165, 1.54) is 0 Å². The molecule has 2 N–H and O–H groups in total. The summed E-state index contributed by atoms with van der Waals surface area (Å²) in [7, 11) is 3.88. The molecule has 3 nitrogen and oxygen atoms in total. The third-order valence-electron chi connectivity index (χ3n) is 2.14. The molecule has 0 bridgehead atoms. The summed E-state index contributed by atoms with van der Waals surface area (Å²) in [5, 5.41) is 0. The second-order valence-corrected chi connectivity index (χ2v) is 4.50. The second kappa shape index (κ2) is 6.18. The molecule has 0 amide bonds. The molecule has 0 unspecified atom stereocenters. The minimum Gasteiger partial charge on any atom is -0.489 e. The van der Waals surface area contributed by atoms with Crippen LogP contribution < -0.4 is 10.5 Å². The van der Waals surface area contributed by atoms with Gasteiger partial charge in [0.15, 0.2) is 11.6 Å². The fourth-order valence-electron chi connectivity index (χ4n) is 1.18. The largest absolute Gasteiger partial charge is 0.489 e. The minimum absolute atomic E-state index is 0.255. The summed E-state index contributed by atoms with van der Waals surface area (Å²) in [4.78, 5) is 1.97. The zero-order chi connectivity index (χ0) is 12.1. The summed E-state index contributed by atoms with van der Waals surface area (Å²) in [5.74, 6) is -0.132. The van der Waals surface area contributed by atoms with E-state index < -0.39 is 0 Å². The number of likely N-dealkylation sites (N-methyl/N-ethyl adjacent to an activating group) is 1.